The van der Waals surface area contributed by atoms with E-state index in [1.165, 1.54) is 44.1 Å². The fraction of sp³-hybridized carbons (Fsp3) is 0.588. The molecule has 0 amide bonds. The van der Waals surface area contributed by atoms with Gasteiger partial charge in [0.15, 0.2) is 0 Å². The van der Waals surface area contributed by atoms with Crippen LogP contribution in [0.15, 0.2) is 29.4 Å². The Hall–Kier alpha value is -1.51. The molecular formula is C17H25NO2. The molecule has 0 aliphatic heterocycles. The van der Waals surface area contributed by atoms with Gasteiger partial charge in [-0.3, -0.25) is 0 Å². The highest BCUT2D eigenvalue weighted by atomic mass is 16.5. The second-order valence-electron chi connectivity index (χ2n) is 5.71. The zero-order valence-electron chi connectivity index (χ0n) is 12.3. The first kappa shape index (κ1) is 14.9. The van der Waals surface area contributed by atoms with Gasteiger partial charge in [-0.1, -0.05) is 30.1 Å². The lowest BCUT2D eigenvalue weighted by Gasteiger charge is -2.17. The van der Waals surface area contributed by atoms with Crippen molar-refractivity contribution in [2.75, 3.05) is 0 Å². The van der Waals surface area contributed by atoms with Gasteiger partial charge in [0.25, 0.3) is 0 Å². The van der Waals surface area contributed by atoms with Crippen molar-refractivity contribution in [1.29, 1.82) is 0 Å². The standard InChI is InChI=1S/C17H25NO2/c1-14(18-19)8-9-15-10-12-17(13-11-15)20-16-6-4-2-3-5-7-16/h10-13,16,19H,2-9H2,1H3/b18-14-. The molecule has 1 aliphatic rings. The summed E-state index contributed by atoms with van der Waals surface area (Å²) >= 11 is 0. The van der Waals surface area contributed by atoms with Gasteiger partial charge in [0.2, 0.25) is 0 Å². The Morgan fingerprint density at radius 2 is 1.80 bits per heavy atom. The average molecular weight is 275 g/mol. The fourth-order valence-electron chi connectivity index (χ4n) is 2.66. The molecule has 0 bridgehead atoms. The van der Waals surface area contributed by atoms with Gasteiger partial charge in [-0.05, 0) is 63.1 Å². The molecule has 0 aromatic heterocycles. The molecule has 0 spiro atoms. The van der Waals surface area contributed by atoms with Crippen molar-refractivity contribution in [1.82, 2.24) is 0 Å². The van der Waals surface area contributed by atoms with Crippen LogP contribution in [-0.2, 0) is 6.42 Å². The molecule has 1 aromatic carbocycles. The summed E-state index contributed by atoms with van der Waals surface area (Å²) in [6.45, 7) is 1.84. The summed E-state index contributed by atoms with van der Waals surface area (Å²) in [4.78, 5) is 0. The summed E-state index contributed by atoms with van der Waals surface area (Å²) < 4.78 is 6.07. The summed E-state index contributed by atoms with van der Waals surface area (Å²) in [5.41, 5.74) is 2.02. The van der Waals surface area contributed by atoms with Crippen molar-refractivity contribution in [3.63, 3.8) is 0 Å². The second kappa shape index (κ2) is 7.93. The van der Waals surface area contributed by atoms with Crippen molar-refractivity contribution in [3.8, 4) is 5.75 Å². The first-order valence-corrected chi connectivity index (χ1v) is 7.71. The number of rotatable bonds is 5. The molecule has 3 heteroatoms. The summed E-state index contributed by atoms with van der Waals surface area (Å²) in [6.07, 6.45) is 9.76. The molecule has 1 N–H and O–H groups in total. The minimum atomic E-state index is 0.395. The summed E-state index contributed by atoms with van der Waals surface area (Å²) in [5.74, 6) is 0.980. The van der Waals surface area contributed by atoms with Crippen LogP contribution in [0.25, 0.3) is 0 Å². The highest BCUT2D eigenvalue weighted by molar-refractivity contribution is 5.81. The molecule has 110 valence electrons. The average Bonchev–Trinajstić information content (AvgIpc) is 2.75. The van der Waals surface area contributed by atoms with E-state index in [1.54, 1.807) is 0 Å². The maximum atomic E-state index is 8.63. The van der Waals surface area contributed by atoms with Crippen LogP contribution in [-0.4, -0.2) is 17.0 Å². The van der Waals surface area contributed by atoms with Gasteiger partial charge >= 0.3 is 0 Å². The van der Waals surface area contributed by atoms with Gasteiger partial charge in [0, 0.05) is 0 Å². The highest BCUT2D eigenvalue weighted by Crippen LogP contribution is 2.23. The zero-order chi connectivity index (χ0) is 14.2. The zero-order valence-corrected chi connectivity index (χ0v) is 12.3. The Morgan fingerprint density at radius 1 is 1.15 bits per heavy atom. The lowest BCUT2D eigenvalue weighted by Crippen LogP contribution is -2.14. The molecule has 1 aromatic rings. The van der Waals surface area contributed by atoms with Crippen LogP contribution < -0.4 is 4.74 Å². The molecule has 2 rings (SSSR count). The van der Waals surface area contributed by atoms with E-state index in [-0.39, 0.29) is 0 Å². The highest BCUT2D eigenvalue weighted by Gasteiger charge is 2.13. The number of aryl methyl sites for hydroxylation is 1. The fourth-order valence-corrected chi connectivity index (χ4v) is 2.66. The molecule has 0 heterocycles. The van der Waals surface area contributed by atoms with Crippen LogP contribution in [0, 0.1) is 0 Å². The van der Waals surface area contributed by atoms with E-state index < -0.39 is 0 Å². The van der Waals surface area contributed by atoms with Crippen molar-refractivity contribution in [2.24, 2.45) is 5.16 Å². The Morgan fingerprint density at radius 3 is 2.40 bits per heavy atom. The number of ether oxygens (including phenoxy) is 1. The Kier molecular flexibility index (Phi) is 5.90. The minimum Gasteiger partial charge on any atom is -0.490 e. The third-order valence-electron chi connectivity index (χ3n) is 3.97. The van der Waals surface area contributed by atoms with Crippen LogP contribution in [0.2, 0.25) is 0 Å². The van der Waals surface area contributed by atoms with E-state index in [9.17, 15) is 0 Å². The van der Waals surface area contributed by atoms with Crippen molar-refractivity contribution in [2.45, 2.75) is 64.4 Å². The number of benzene rings is 1. The number of nitrogens with zero attached hydrogens (tertiary/aromatic N) is 1. The maximum Gasteiger partial charge on any atom is 0.119 e. The van der Waals surface area contributed by atoms with Crippen LogP contribution in [0.3, 0.4) is 0 Å². The Bertz CT molecular complexity index is 417. The van der Waals surface area contributed by atoms with E-state index in [4.69, 9.17) is 9.94 Å². The van der Waals surface area contributed by atoms with Crippen LogP contribution >= 0.6 is 0 Å². The topological polar surface area (TPSA) is 41.8 Å². The second-order valence-corrected chi connectivity index (χ2v) is 5.71. The van der Waals surface area contributed by atoms with Crippen molar-refractivity contribution >= 4 is 5.71 Å². The summed E-state index contributed by atoms with van der Waals surface area (Å²) in [5, 5.41) is 11.8. The van der Waals surface area contributed by atoms with Gasteiger partial charge in [0.1, 0.15) is 5.75 Å². The minimum absolute atomic E-state index is 0.395. The number of oxime groups is 1. The van der Waals surface area contributed by atoms with Gasteiger partial charge in [-0.15, -0.1) is 0 Å². The van der Waals surface area contributed by atoms with Crippen LogP contribution in [0.1, 0.15) is 57.4 Å². The largest absolute Gasteiger partial charge is 0.490 e. The molecule has 1 saturated carbocycles. The van der Waals surface area contributed by atoms with E-state index >= 15 is 0 Å². The predicted molar refractivity (Wildman–Crippen MR) is 81.8 cm³/mol. The molecule has 0 radical (unpaired) electrons. The van der Waals surface area contributed by atoms with Gasteiger partial charge < -0.3 is 9.94 Å². The third-order valence-corrected chi connectivity index (χ3v) is 3.97. The molecule has 0 unspecified atom stereocenters. The van der Waals surface area contributed by atoms with Gasteiger partial charge in [-0.2, -0.15) is 0 Å². The lowest BCUT2D eigenvalue weighted by atomic mass is 10.1. The van der Waals surface area contributed by atoms with Gasteiger partial charge in [-0.25, -0.2) is 0 Å². The van der Waals surface area contributed by atoms with E-state index in [0.29, 0.717) is 6.10 Å². The summed E-state index contributed by atoms with van der Waals surface area (Å²) in [6, 6.07) is 8.34. The van der Waals surface area contributed by atoms with E-state index in [1.807, 2.05) is 6.92 Å². The van der Waals surface area contributed by atoms with E-state index in [0.717, 1.165) is 24.3 Å². The van der Waals surface area contributed by atoms with Gasteiger partial charge in [0.05, 0.1) is 11.8 Å². The molecule has 0 atom stereocenters. The van der Waals surface area contributed by atoms with Crippen molar-refractivity contribution < 1.29 is 9.94 Å². The first-order chi connectivity index (χ1) is 9.78. The van der Waals surface area contributed by atoms with Crippen LogP contribution in [0.5, 0.6) is 5.75 Å². The molecule has 1 aliphatic carbocycles. The molecule has 1 fully saturated rings. The number of hydrogen-bond donors (Lipinski definition) is 1. The maximum absolute atomic E-state index is 8.63. The molecule has 20 heavy (non-hydrogen) atoms. The Labute approximate surface area is 121 Å². The monoisotopic (exact) mass is 275 g/mol. The summed E-state index contributed by atoms with van der Waals surface area (Å²) in [7, 11) is 0. The van der Waals surface area contributed by atoms with Crippen molar-refractivity contribution in [3.05, 3.63) is 29.8 Å². The predicted octanol–water partition coefficient (Wildman–Crippen LogP) is 4.57. The molecule has 0 saturated heterocycles. The quantitative estimate of drug-likeness (QED) is 0.370. The Balaban J connectivity index is 1.84. The third kappa shape index (κ3) is 4.87. The lowest BCUT2D eigenvalue weighted by molar-refractivity contribution is 0.183. The van der Waals surface area contributed by atoms with Crippen LogP contribution in [0.4, 0.5) is 0 Å². The smallest absolute Gasteiger partial charge is 0.119 e. The first-order valence-electron chi connectivity index (χ1n) is 7.71. The SMILES string of the molecule is C/C(CCc1ccc(OC2CCCCCC2)cc1)=N/O. The molecule has 3 nitrogen and oxygen atoms in total. The normalized spacial score (nSPS) is 17.8. The number of hydrogen-bond acceptors (Lipinski definition) is 3. The molecular weight excluding hydrogens is 250 g/mol. The van der Waals surface area contributed by atoms with E-state index in [2.05, 4.69) is 29.4 Å².